The summed E-state index contributed by atoms with van der Waals surface area (Å²) in [5, 5.41) is 14.5. The highest BCUT2D eigenvalue weighted by Gasteiger charge is 2.21. The van der Waals surface area contributed by atoms with Gasteiger partial charge in [-0.3, -0.25) is 19.7 Å². The Morgan fingerprint density at radius 1 is 1.32 bits per heavy atom. The Morgan fingerprint density at radius 3 is 2.50 bits per heavy atom. The molecule has 1 aromatic rings. The molecule has 22 heavy (non-hydrogen) atoms. The Balaban J connectivity index is 2.73. The lowest BCUT2D eigenvalue weighted by molar-refractivity contribution is -0.384. The zero-order chi connectivity index (χ0) is 16.9. The summed E-state index contributed by atoms with van der Waals surface area (Å²) in [5.41, 5.74) is 2.26. The number of hydrogen-bond acceptors (Lipinski definition) is 5. The van der Waals surface area contributed by atoms with Crippen LogP contribution in [0.25, 0.3) is 0 Å². The largest absolute Gasteiger partial charge is 0.299 e. The molecule has 1 rings (SSSR count). The maximum Gasteiger partial charge on any atom is 0.271 e. The summed E-state index contributed by atoms with van der Waals surface area (Å²) in [7, 11) is 0. The number of Topliss-reactive ketones (excluding diaryl/α,β-unsaturated/α-hetero) is 1. The highest BCUT2D eigenvalue weighted by Crippen LogP contribution is 2.17. The van der Waals surface area contributed by atoms with E-state index in [1.807, 2.05) is 20.8 Å². The van der Waals surface area contributed by atoms with Crippen molar-refractivity contribution in [2.75, 3.05) is 0 Å². The molecule has 0 spiro atoms. The van der Waals surface area contributed by atoms with Crippen LogP contribution in [0.2, 0.25) is 0 Å². The van der Waals surface area contributed by atoms with Crippen molar-refractivity contribution < 1.29 is 14.5 Å². The molecule has 1 N–H and O–H groups in total. The molecule has 0 saturated heterocycles. The smallest absolute Gasteiger partial charge is 0.271 e. The number of carbonyl (C=O) groups is 2. The fourth-order valence-electron chi connectivity index (χ4n) is 1.51. The minimum Gasteiger partial charge on any atom is -0.299 e. The molecular weight excluding hydrogens is 286 g/mol. The molecule has 0 atom stereocenters. The van der Waals surface area contributed by atoms with Crippen LogP contribution in [0.15, 0.2) is 29.4 Å². The predicted molar refractivity (Wildman–Crippen MR) is 82.8 cm³/mol. The Labute approximate surface area is 128 Å². The number of hydrogen-bond donors (Lipinski definition) is 1. The molecule has 118 valence electrons. The van der Waals surface area contributed by atoms with Crippen LogP contribution in [-0.2, 0) is 4.79 Å². The first-order valence-electron chi connectivity index (χ1n) is 6.72. The number of non-ortho nitro benzene ring substituents is 1. The number of hydrazone groups is 1. The fraction of sp³-hybridized carbons (Fsp3) is 0.400. The highest BCUT2D eigenvalue weighted by molar-refractivity contribution is 6.03. The average molecular weight is 305 g/mol. The van der Waals surface area contributed by atoms with Crippen LogP contribution in [-0.4, -0.2) is 22.3 Å². The maximum absolute atomic E-state index is 11.9. The number of ketones is 1. The standard InChI is InChI=1S/C15H19N3O4/c1-10(8-13(19)15(2,3)4)16-17-14(20)11-6-5-7-12(9-11)18(21)22/h5-7,9H,8H2,1-4H3,(H,17,20). The number of nitrogens with zero attached hydrogens (tertiary/aromatic N) is 2. The predicted octanol–water partition coefficient (Wildman–Crippen LogP) is 2.71. The molecule has 0 saturated carbocycles. The van der Waals surface area contributed by atoms with Crippen molar-refractivity contribution in [1.29, 1.82) is 0 Å². The Kier molecular flexibility index (Phi) is 5.50. The van der Waals surface area contributed by atoms with Gasteiger partial charge in [-0.05, 0) is 13.0 Å². The molecular formula is C15H19N3O4. The molecule has 1 aromatic carbocycles. The third kappa shape index (κ3) is 5.08. The van der Waals surface area contributed by atoms with Gasteiger partial charge in [0.05, 0.1) is 4.92 Å². The molecule has 0 heterocycles. The van der Waals surface area contributed by atoms with E-state index < -0.39 is 16.2 Å². The van der Waals surface area contributed by atoms with Crippen LogP contribution in [0.5, 0.6) is 0 Å². The Hall–Kier alpha value is -2.57. The van der Waals surface area contributed by atoms with Crippen LogP contribution in [0.4, 0.5) is 5.69 Å². The van der Waals surface area contributed by atoms with Crippen LogP contribution < -0.4 is 5.43 Å². The van der Waals surface area contributed by atoms with Gasteiger partial charge in [0.2, 0.25) is 0 Å². The van der Waals surface area contributed by atoms with E-state index in [-0.39, 0.29) is 23.5 Å². The van der Waals surface area contributed by atoms with E-state index >= 15 is 0 Å². The molecule has 0 aliphatic heterocycles. The summed E-state index contributed by atoms with van der Waals surface area (Å²) < 4.78 is 0. The minimum atomic E-state index is -0.576. The number of nitro benzene ring substituents is 1. The minimum absolute atomic E-state index is 0.0124. The second-order valence-corrected chi connectivity index (χ2v) is 5.95. The van der Waals surface area contributed by atoms with Gasteiger partial charge in [0.25, 0.3) is 11.6 Å². The number of nitrogens with one attached hydrogen (secondary N) is 1. The van der Waals surface area contributed by atoms with Gasteiger partial charge in [-0.1, -0.05) is 26.8 Å². The van der Waals surface area contributed by atoms with Gasteiger partial charge in [0.1, 0.15) is 5.78 Å². The summed E-state index contributed by atoms with van der Waals surface area (Å²) in [5.74, 6) is -0.551. The van der Waals surface area contributed by atoms with Gasteiger partial charge in [-0.2, -0.15) is 5.10 Å². The van der Waals surface area contributed by atoms with Crippen molar-refractivity contribution in [3.63, 3.8) is 0 Å². The van der Waals surface area contributed by atoms with E-state index in [9.17, 15) is 19.7 Å². The van der Waals surface area contributed by atoms with Crippen LogP contribution in [0.3, 0.4) is 0 Å². The molecule has 7 nitrogen and oxygen atoms in total. The van der Waals surface area contributed by atoms with Gasteiger partial charge in [-0.15, -0.1) is 0 Å². The SMILES string of the molecule is CC(CC(=O)C(C)(C)C)=NNC(=O)c1cccc([N+](=O)[O-])c1. The quantitative estimate of drug-likeness (QED) is 0.513. The summed E-state index contributed by atoms with van der Waals surface area (Å²) in [6.07, 6.45) is 0.138. The Bertz CT molecular complexity index is 630. The Morgan fingerprint density at radius 2 is 1.95 bits per heavy atom. The number of nitro groups is 1. The summed E-state index contributed by atoms with van der Waals surface area (Å²) in [4.78, 5) is 33.8. The third-order valence-corrected chi connectivity index (χ3v) is 2.92. The van der Waals surface area contributed by atoms with Crippen LogP contribution >= 0.6 is 0 Å². The topological polar surface area (TPSA) is 102 Å². The van der Waals surface area contributed by atoms with Crippen molar-refractivity contribution in [2.24, 2.45) is 10.5 Å². The second-order valence-electron chi connectivity index (χ2n) is 5.95. The average Bonchev–Trinajstić information content (AvgIpc) is 2.43. The van der Waals surface area contributed by atoms with Gasteiger partial charge in [0.15, 0.2) is 0 Å². The van der Waals surface area contributed by atoms with E-state index in [4.69, 9.17) is 0 Å². The number of benzene rings is 1. The van der Waals surface area contributed by atoms with Crippen molar-refractivity contribution in [2.45, 2.75) is 34.1 Å². The van der Waals surface area contributed by atoms with E-state index in [1.165, 1.54) is 24.3 Å². The normalized spacial score (nSPS) is 11.9. The summed E-state index contributed by atoms with van der Waals surface area (Å²) in [6.45, 7) is 7.07. The highest BCUT2D eigenvalue weighted by atomic mass is 16.6. The van der Waals surface area contributed by atoms with E-state index in [2.05, 4.69) is 10.5 Å². The second kappa shape index (κ2) is 6.93. The molecule has 0 aliphatic carbocycles. The first kappa shape index (κ1) is 17.5. The lowest BCUT2D eigenvalue weighted by Crippen LogP contribution is -2.24. The van der Waals surface area contributed by atoms with Crippen molar-refractivity contribution in [3.8, 4) is 0 Å². The lowest BCUT2D eigenvalue weighted by atomic mass is 9.88. The van der Waals surface area contributed by atoms with Gasteiger partial charge < -0.3 is 0 Å². The summed E-state index contributed by atoms with van der Waals surface area (Å²) in [6, 6.07) is 5.34. The van der Waals surface area contributed by atoms with E-state index in [0.29, 0.717) is 5.71 Å². The van der Waals surface area contributed by atoms with Crippen molar-refractivity contribution in [1.82, 2.24) is 5.43 Å². The monoisotopic (exact) mass is 305 g/mol. The first-order chi connectivity index (χ1) is 10.1. The van der Waals surface area contributed by atoms with Gasteiger partial charge in [-0.25, -0.2) is 5.43 Å². The van der Waals surface area contributed by atoms with Gasteiger partial charge in [0, 0.05) is 35.2 Å². The van der Waals surface area contributed by atoms with Crippen molar-refractivity contribution >= 4 is 23.1 Å². The molecule has 0 fully saturated rings. The molecule has 0 aromatic heterocycles. The van der Waals surface area contributed by atoms with Crippen LogP contribution in [0, 0.1) is 15.5 Å². The summed E-state index contributed by atoms with van der Waals surface area (Å²) >= 11 is 0. The molecule has 0 bridgehead atoms. The van der Waals surface area contributed by atoms with E-state index in [0.717, 1.165) is 0 Å². The molecule has 1 amide bonds. The number of carbonyl (C=O) groups excluding carboxylic acids is 2. The fourth-order valence-corrected chi connectivity index (χ4v) is 1.51. The zero-order valence-electron chi connectivity index (χ0n) is 13.0. The lowest BCUT2D eigenvalue weighted by Gasteiger charge is -2.15. The van der Waals surface area contributed by atoms with E-state index in [1.54, 1.807) is 6.92 Å². The number of rotatable bonds is 5. The number of amides is 1. The molecule has 7 heteroatoms. The van der Waals surface area contributed by atoms with Crippen molar-refractivity contribution in [3.05, 3.63) is 39.9 Å². The third-order valence-electron chi connectivity index (χ3n) is 2.92. The zero-order valence-corrected chi connectivity index (χ0v) is 13.0. The molecule has 0 aliphatic rings. The van der Waals surface area contributed by atoms with Crippen LogP contribution in [0.1, 0.15) is 44.5 Å². The first-order valence-corrected chi connectivity index (χ1v) is 6.72. The molecule has 0 unspecified atom stereocenters. The molecule has 0 radical (unpaired) electrons. The van der Waals surface area contributed by atoms with Gasteiger partial charge >= 0.3 is 0 Å². The maximum atomic E-state index is 11.9.